The standard InChI is InChI=1S/C62H123N3O3/c1-5-9-13-17-21-25-35-43-52-64(53-44-36-26-22-18-14-10-6-2)61(67)47-39-31-29-33-41-50-63(56-49-59-57-60(66)58-59)51-42-34-30-32-40-48-62(68)65(54-45-37-27-23-19-15-11-7-3)55-46-38-28-24-20-16-12-8-4/h59-60,66H,5-58H2,1-4H3. The van der Waals surface area contributed by atoms with E-state index in [0.29, 0.717) is 17.7 Å². The summed E-state index contributed by atoms with van der Waals surface area (Å²) in [6.07, 6.45) is 58.8. The molecule has 0 bridgehead atoms. The van der Waals surface area contributed by atoms with Crippen molar-refractivity contribution in [3.63, 3.8) is 0 Å². The number of aliphatic hydroxyl groups excluding tert-OH is 1. The Morgan fingerprint density at radius 3 is 0.824 bits per heavy atom. The normalized spacial score (nSPS) is 14.8. The largest absolute Gasteiger partial charge is 0.393 e. The van der Waals surface area contributed by atoms with Crippen LogP contribution in [0.4, 0.5) is 0 Å². The molecule has 0 aromatic carbocycles. The van der Waals surface area contributed by atoms with Crippen molar-refractivity contribution in [2.75, 3.05) is 45.8 Å². The Balaban J connectivity index is 2.42. The van der Waals surface area contributed by atoms with Gasteiger partial charge in [0.05, 0.1) is 6.10 Å². The lowest BCUT2D eigenvalue weighted by Crippen LogP contribution is -2.34. The number of carbonyl (C=O) groups is 2. The van der Waals surface area contributed by atoms with Gasteiger partial charge in [0, 0.05) is 39.0 Å². The molecule has 6 heteroatoms. The van der Waals surface area contributed by atoms with E-state index in [2.05, 4.69) is 42.4 Å². The van der Waals surface area contributed by atoms with Gasteiger partial charge in [0.15, 0.2) is 0 Å². The van der Waals surface area contributed by atoms with Crippen LogP contribution in [0.5, 0.6) is 0 Å². The average molecular weight is 959 g/mol. The fraction of sp³-hybridized carbons (Fsp3) is 0.968. The first-order valence-corrected chi connectivity index (χ1v) is 31.4. The van der Waals surface area contributed by atoms with Gasteiger partial charge in [-0.3, -0.25) is 9.59 Å². The summed E-state index contributed by atoms with van der Waals surface area (Å²) in [6, 6.07) is 0. The summed E-state index contributed by atoms with van der Waals surface area (Å²) in [6.45, 7) is 16.6. The second-order valence-electron chi connectivity index (χ2n) is 22.3. The molecule has 404 valence electrons. The Morgan fingerprint density at radius 2 is 0.559 bits per heavy atom. The van der Waals surface area contributed by atoms with Gasteiger partial charge in [-0.1, -0.05) is 246 Å². The Labute approximate surface area is 426 Å². The van der Waals surface area contributed by atoms with Gasteiger partial charge in [-0.2, -0.15) is 0 Å². The van der Waals surface area contributed by atoms with E-state index < -0.39 is 0 Å². The van der Waals surface area contributed by atoms with Crippen molar-refractivity contribution in [3.05, 3.63) is 0 Å². The average Bonchev–Trinajstić information content (AvgIpc) is 3.33. The molecule has 0 unspecified atom stereocenters. The molecule has 0 saturated heterocycles. The first kappa shape index (κ1) is 64.9. The van der Waals surface area contributed by atoms with Crippen molar-refractivity contribution in [2.45, 2.75) is 336 Å². The fourth-order valence-corrected chi connectivity index (χ4v) is 10.7. The lowest BCUT2D eigenvalue weighted by Gasteiger charge is -2.33. The second-order valence-corrected chi connectivity index (χ2v) is 22.3. The van der Waals surface area contributed by atoms with Gasteiger partial charge in [-0.15, -0.1) is 0 Å². The van der Waals surface area contributed by atoms with Gasteiger partial charge in [0.2, 0.25) is 11.8 Å². The lowest BCUT2D eigenvalue weighted by atomic mass is 9.80. The molecule has 68 heavy (non-hydrogen) atoms. The summed E-state index contributed by atoms with van der Waals surface area (Å²) in [4.78, 5) is 34.2. The van der Waals surface area contributed by atoms with Crippen LogP contribution in [-0.2, 0) is 9.59 Å². The van der Waals surface area contributed by atoms with Crippen LogP contribution in [0.15, 0.2) is 0 Å². The monoisotopic (exact) mass is 958 g/mol. The quantitative estimate of drug-likeness (QED) is 0.0617. The number of unbranched alkanes of at least 4 members (excludes halogenated alkanes) is 36. The van der Waals surface area contributed by atoms with Crippen molar-refractivity contribution >= 4 is 11.8 Å². The molecule has 1 N–H and O–H groups in total. The van der Waals surface area contributed by atoms with E-state index in [1.165, 1.54) is 283 Å². The van der Waals surface area contributed by atoms with Crippen LogP contribution in [0.1, 0.15) is 329 Å². The van der Waals surface area contributed by atoms with Crippen molar-refractivity contribution < 1.29 is 14.7 Å². The van der Waals surface area contributed by atoms with Crippen molar-refractivity contribution in [3.8, 4) is 0 Å². The minimum atomic E-state index is -0.0585. The van der Waals surface area contributed by atoms with Crippen LogP contribution < -0.4 is 0 Å². The molecule has 0 aromatic heterocycles. The van der Waals surface area contributed by atoms with E-state index in [9.17, 15) is 14.7 Å². The summed E-state index contributed by atoms with van der Waals surface area (Å²) in [7, 11) is 0. The van der Waals surface area contributed by atoms with Crippen molar-refractivity contribution in [2.24, 2.45) is 5.92 Å². The van der Waals surface area contributed by atoms with Gasteiger partial charge in [-0.25, -0.2) is 0 Å². The first-order valence-electron chi connectivity index (χ1n) is 31.4. The minimum absolute atomic E-state index is 0.0585. The molecule has 1 aliphatic carbocycles. The van der Waals surface area contributed by atoms with Gasteiger partial charge >= 0.3 is 0 Å². The summed E-state index contributed by atoms with van der Waals surface area (Å²) in [5.41, 5.74) is 0. The molecule has 1 aliphatic rings. The highest BCUT2D eigenvalue weighted by Gasteiger charge is 2.27. The molecule has 1 fully saturated rings. The highest BCUT2D eigenvalue weighted by molar-refractivity contribution is 5.76. The molecule has 0 atom stereocenters. The molecule has 2 amide bonds. The van der Waals surface area contributed by atoms with Crippen LogP contribution in [-0.4, -0.2) is 83.5 Å². The van der Waals surface area contributed by atoms with Crippen LogP contribution in [0.3, 0.4) is 0 Å². The maximum absolute atomic E-state index is 13.5. The third kappa shape index (κ3) is 41.5. The molecule has 0 radical (unpaired) electrons. The summed E-state index contributed by atoms with van der Waals surface area (Å²) < 4.78 is 0. The predicted octanol–water partition coefficient (Wildman–Crippen LogP) is 18.4. The van der Waals surface area contributed by atoms with Gasteiger partial charge in [-0.05, 0) is 96.2 Å². The molecule has 0 heterocycles. The molecule has 0 spiro atoms. The summed E-state index contributed by atoms with van der Waals surface area (Å²) in [5.74, 6) is 1.54. The van der Waals surface area contributed by atoms with E-state index in [4.69, 9.17) is 0 Å². The zero-order valence-corrected chi connectivity index (χ0v) is 46.9. The van der Waals surface area contributed by atoms with E-state index >= 15 is 0 Å². The maximum Gasteiger partial charge on any atom is 0.222 e. The summed E-state index contributed by atoms with van der Waals surface area (Å²) >= 11 is 0. The molecule has 0 aromatic rings. The number of carbonyl (C=O) groups excluding carboxylic acids is 2. The van der Waals surface area contributed by atoms with Crippen molar-refractivity contribution in [1.29, 1.82) is 0 Å². The number of amides is 2. The minimum Gasteiger partial charge on any atom is -0.393 e. The Morgan fingerprint density at radius 1 is 0.324 bits per heavy atom. The van der Waals surface area contributed by atoms with E-state index in [-0.39, 0.29) is 6.10 Å². The van der Waals surface area contributed by atoms with Gasteiger partial charge < -0.3 is 19.8 Å². The van der Waals surface area contributed by atoms with Gasteiger partial charge in [0.1, 0.15) is 0 Å². The molecule has 0 aliphatic heterocycles. The Kier molecular flexibility index (Phi) is 48.5. The molecule has 1 rings (SSSR count). The highest BCUT2D eigenvalue weighted by Crippen LogP contribution is 2.30. The molecule has 1 saturated carbocycles. The van der Waals surface area contributed by atoms with E-state index in [1.807, 2.05) is 0 Å². The SMILES string of the molecule is CCCCCCCCCCN(CCCCCCCCCC)C(=O)CCCCCCCN(CCCCCCCC(=O)N(CCCCCCCCCC)CCCCCCCCCC)CCC1CC(O)C1. The van der Waals surface area contributed by atoms with Crippen LogP contribution in [0.25, 0.3) is 0 Å². The zero-order valence-electron chi connectivity index (χ0n) is 46.9. The molecular formula is C62H123N3O3. The number of hydrogen-bond donors (Lipinski definition) is 1. The number of aliphatic hydroxyl groups is 1. The third-order valence-electron chi connectivity index (χ3n) is 15.6. The first-order chi connectivity index (χ1) is 33.4. The molecule has 6 nitrogen and oxygen atoms in total. The Hall–Kier alpha value is -1.14. The van der Waals surface area contributed by atoms with Crippen LogP contribution >= 0.6 is 0 Å². The van der Waals surface area contributed by atoms with Gasteiger partial charge in [0.25, 0.3) is 0 Å². The maximum atomic E-state index is 13.5. The molecular weight excluding hydrogens is 835 g/mol. The predicted molar refractivity (Wildman–Crippen MR) is 299 cm³/mol. The summed E-state index contributed by atoms with van der Waals surface area (Å²) in [5, 5.41) is 9.89. The van der Waals surface area contributed by atoms with Crippen LogP contribution in [0.2, 0.25) is 0 Å². The second kappa shape index (κ2) is 50.8. The van der Waals surface area contributed by atoms with E-state index in [1.54, 1.807) is 0 Å². The topological polar surface area (TPSA) is 64.1 Å². The highest BCUT2D eigenvalue weighted by atomic mass is 16.3. The number of rotatable bonds is 55. The third-order valence-corrected chi connectivity index (χ3v) is 15.6. The van der Waals surface area contributed by atoms with E-state index in [0.717, 1.165) is 64.7 Å². The van der Waals surface area contributed by atoms with Crippen molar-refractivity contribution in [1.82, 2.24) is 14.7 Å². The Bertz CT molecular complexity index is 938. The lowest BCUT2D eigenvalue weighted by molar-refractivity contribution is -0.132. The number of hydrogen-bond acceptors (Lipinski definition) is 4. The van der Waals surface area contributed by atoms with Crippen LogP contribution in [0, 0.1) is 5.92 Å². The zero-order chi connectivity index (χ0) is 49.2. The number of nitrogens with zero attached hydrogens (tertiary/aromatic N) is 3. The fourth-order valence-electron chi connectivity index (χ4n) is 10.7. The smallest absolute Gasteiger partial charge is 0.222 e.